The summed E-state index contributed by atoms with van der Waals surface area (Å²) in [7, 11) is 2.15. The molecule has 11 heteroatoms. The van der Waals surface area contributed by atoms with Crippen LogP contribution in [0.2, 0.25) is 0 Å². The van der Waals surface area contributed by atoms with E-state index in [2.05, 4.69) is 24.0 Å². The second-order valence-electron chi connectivity index (χ2n) is 11.6. The van der Waals surface area contributed by atoms with Crippen molar-refractivity contribution in [1.29, 1.82) is 0 Å². The Bertz CT molecular complexity index is 1410. The molecule has 2 spiro atoms. The van der Waals surface area contributed by atoms with E-state index in [-0.39, 0.29) is 11.5 Å². The molecule has 0 amide bonds. The van der Waals surface area contributed by atoms with Crippen LogP contribution in [0.25, 0.3) is 22.6 Å². The lowest BCUT2D eigenvalue weighted by molar-refractivity contribution is -0.235. The Labute approximate surface area is 232 Å². The third-order valence-corrected chi connectivity index (χ3v) is 10.4. The fourth-order valence-electron chi connectivity index (χ4n) is 7.83. The highest BCUT2D eigenvalue weighted by Crippen LogP contribution is 2.57. The van der Waals surface area contributed by atoms with Gasteiger partial charge < -0.3 is 18.9 Å². The van der Waals surface area contributed by atoms with Crippen molar-refractivity contribution >= 4 is 29.1 Å². The van der Waals surface area contributed by atoms with E-state index in [0.29, 0.717) is 47.5 Å². The zero-order valence-electron chi connectivity index (χ0n) is 22.9. The van der Waals surface area contributed by atoms with Gasteiger partial charge in [-0.25, -0.2) is 14.6 Å². The average molecular weight is 553 g/mol. The highest BCUT2D eigenvalue weighted by molar-refractivity contribution is 7.98. The number of carbonyl (C=O) groups is 1. The third kappa shape index (κ3) is 3.69. The number of hydrogen-bond donors (Lipinski definition) is 0. The van der Waals surface area contributed by atoms with Crippen molar-refractivity contribution in [3.8, 4) is 11.5 Å². The Morgan fingerprint density at radius 2 is 1.90 bits per heavy atom. The molecule has 0 N–H and O–H groups in total. The summed E-state index contributed by atoms with van der Waals surface area (Å²) in [4.78, 5) is 24.5. The first kappa shape index (κ1) is 25.6. The molecule has 3 aromatic heterocycles. The number of likely N-dealkylation sites (tertiary alicyclic amines) is 1. The van der Waals surface area contributed by atoms with Crippen molar-refractivity contribution in [1.82, 2.24) is 29.8 Å². The third-order valence-electron chi connectivity index (χ3n) is 9.68. The molecule has 2 aliphatic heterocycles. The molecule has 0 bridgehead atoms. The summed E-state index contributed by atoms with van der Waals surface area (Å²) < 4.78 is 20.9. The van der Waals surface area contributed by atoms with E-state index in [1.165, 1.54) is 11.8 Å². The zero-order chi connectivity index (χ0) is 26.8. The Morgan fingerprint density at radius 1 is 1.10 bits per heavy atom. The van der Waals surface area contributed by atoms with Crippen molar-refractivity contribution in [3.63, 3.8) is 0 Å². The highest BCUT2D eigenvalue weighted by Gasteiger charge is 2.61. The Balaban J connectivity index is 1.38. The summed E-state index contributed by atoms with van der Waals surface area (Å²) in [6, 6.07) is 0.386. The van der Waals surface area contributed by atoms with Crippen LogP contribution in [0.3, 0.4) is 0 Å². The van der Waals surface area contributed by atoms with Crippen molar-refractivity contribution in [2.24, 2.45) is 0 Å². The van der Waals surface area contributed by atoms with Gasteiger partial charge in [0.2, 0.25) is 0 Å². The highest BCUT2D eigenvalue weighted by atomic mass is 32.2. The van der Waals surface area contributed by atoms with E-state index < -0.39 is 5.79 Å². The lowest BCUT2D eigenvalue weighted by Crippen LogP contribution is -2.56. The van der Waals surface area contributed by atoms with Gasteiger partial charge in [-0.05, 0) is 71.7 Å². The molecule has 3 atom stereocenters. The summed E-state index contributed by atoms with van der Waals surface area (Å²) in [5, 5.41) is 10.8. The number of ether oxygens (including phenoxy) is 2. The lowest BCUT2D eigenvalue weighted by Gasteiger charge is -2.50. The molecule has 7 rings (SSSR count). The molecule has 1 saturated carbocycles. The Kier molecular flexibility index (Phi) is 6.33. The summed E-state index contributed by atoms with van der Waals surface area (Å²) >= 11 is 1.50. The molecule has 5 heterocycles. The van der Waals surface area contributed by atoms with Gasteiger partial charge in [-0.1, -0.05) is 11.6 Å². The van der Waals surface area contributed by atoms with Gasteiger partial charge in [0.05, 0.1) is 30.1 Å². The molecule has 4 aliphatic rings. The van der Waals surface area contributed by atoms with Gasteiger partial charge >= 0.3 is 0 Å². The molecule has 2 saturated heterocycles. The molecule has 208 valence electrons. The number of carbonyl (C=O) groups excluding carboxylic acids is 1. The van der Waals surface area contributed by atoms with E-state index >= 15 is 0 Å². The normalized spacial score (nSPS) is 27.5. The molecular weight excluding hydrogens is 516 g/mol. The predicted octanol–water partition coefficient (Wildman–Crippen LogP) is 4.56. The second-order valence-corrected chi connectivity index (χ2v) is 12.4. The molecule has 3 fully saturated rings. The second kappa shape index (κ2) is 9.64. The molecule has 3 aromatic rings. The number of nitrogens with zero attached hydrogens (tertiary/aromatic N) is 6. The van der Waals surface area contributed by atoms with Gasteiger partial charge in [0.15, 0.2) is 35.0 Å². The maximum atomic E-state index is 12.1. The molecule has 0 aromatic carbocycles. The van der Waals surface area contributed by atoms with E-state index in [9.17, 15) is 4.79 Å². The first-order valence-corrected chi connectivity index (χ1v) is 15.5. The number of likely N-dealkylation sites (N-methyl/N-ethyl adjacent to an activating group) is 1. The van der Waals surface area contributed by atoms with Crippen molar-refractivity contribution in [3.05, 3.63) is 17.0 Å². The molecule has 39 heavy (non-hydrogen) atoms. The van der Waals surface area contributed by atoms with Crippen LogP contribution in [0.4, 0.5) is 0 Å². The number of aromatic nitrogens is 5. The van der Waals surface area contributed by atoms with Crippen LogP contribution in [0.5, 0.6) is 0 Å². The maximum absolute atomic E-state index is 12.1. The van der Waals surface area contributed by atoms with E-state index in [4.69, 9.17) is 29.1 Å². The molecule has 2 aliphatic carbocycles. The quantitative estimate of drug-likeness (QED) is 0.254. The van der Waals surface area contributed by atoms with Crippen LogP contribution >= 0.6 is 11.8 Å². The first-order chi connectivity index (χ1) is 19.0. The fraction of sp³-hybridized carbons (Fsp3) is 0.679. The summed E-state index contributed by atoms with van der Waals surface area (Å²) in [6.45, 7) is 4.46. The van der Waals surface area contributed by atoms with Gasteiger partial charge in [-0.3, -0.25) is 4.79 Å². The van der Waals surface area contributed by atoms with Gasteiger partial charge in [-0.15, -0.1) is 11.8 Å². The Hall–Kier alpha value is -2.34. The van der Waals surface area contributed by atoms with Crippen LogP contribution in [-0.2, 0) is 21.3 Å². The largest absolute Gasteiger partial charge is 0.360 e. The standard InChI is InChI=1S/C28H36N6O4S/c1-17(20-9-7-13-33(20)2)34-25-21(19(16-35)31-34)26(39-3)30-24(29-25)22-18-8-6-11-27(23(18)38-32-22)10-4-5-12-28(27)36-14-15-37-28/h16-17,20H,4-15H2,1-3H3/t17-,20-,27-/m0/s1. The van der Waals surface area contributed by atoms with Crippen molar-refractivity contribution < 1.29 is 18.8 Å². The monoisotopic (exact) mass is 552 g/mol. The summed E-state index contributed by atoms with van der Waals surface area (Å²) in [6.07, 6.45) is 11.9. The first-order valence-electron chi connectivity index (χ1n) is 14.3. The van der Waals surface area contributed by atoms with Crippen LogP contribution in [0.1, 0.15) is 86.1 Å². The van der Waals surface area contributed by atoms with Crippen LogP contribution in [0.15, 0.2) is 9.55 Å². The van der Waals surface area contributed by atoms with Crippen molar-refractivity contribution in [2.45, 2.75) is 93.0 Å². The number of aldehydes is 1. The van der Waals surface area contributed by atoms with Crippen molar-refractivity contribution in [2.75, 3.05) is 33.1 Å². The minimum atomic E-state index is -0.632. The minimum Gasteiger partial charge on any atom is -0.360 e. The predicted molar refractivity (Wildman–Crippen MR) is 146 cm³/mol. The minimum absolute atomic E-state index is 0.0550. The topological polar surface area (TPSA) is 108 Å². The van der Waals surface area contributed by atoms with Crippen LogP contribution in [0, 0.1) is 0 Å². The van der Waals surface area contributed by atoms with Crippen LogP contribution < -0.4 is 0 Å². The molecule has 0 unspecified atom stereocenters. The smallest absolute Gasteiger partial charge is 0.185 e. The fourth-order valence-corrected chi connectivity index (χ4v) is 8.40. The molecule has 0 radical (unpaired) electrons. The van der Waals surface area contributed by atoms with E-state index in [1.54, 1.807) is 0 Å². The number of rotatable bonds is 5. The van der Waals surface area contributed by atoms with E-state index in [0.717, 1.165) is 87.0 Å². The number of fused-ring (bicyclic) bond motifs is 4. The Morgan fingerprint density at radius 3 is 2.64 bits per heavy atom. The van der Waals surface area contributed by atoms with E-state index in [1.807, 2.05) is 10.9 Å². The van der Waals surface area contributed by atoms with Gasteiger partial charge in [0, 0.05) is 18.0 Å². The number of thioether (sulfide) groups is 1. The maximum Gasteiger partial charge on any atom is 0.185 e. The SMILES string of the molecule is CSc1nc(-c2noc3c2CCC[C@@]32CCCCC23OCCO3)nc2c1c(C=O)nn2[C@@H](C)[C@@H]1CCCN1C. The van der Waals surface area contributed by atoms with Crippen LogP contribution in [-0.4, -0.2) is 81.0 Å². The zero-order valence-corrected chi connectivity index (χ0v) is 23.8. The molecular formula is C28H36N6O4S. The lowest BCUT2D eigenvalue weighted by atomic mass is 9.61. The summed E-state index contributed by atoms with van der Waals surface area (Å²) in [5.74, 6) is 0.785. The van der Waals surface area contributed by atoms with Gasteiger partial charge in [0.25, 0.3) is 0 Å². The van der Waals surface area contributed by atoms with Gasteiger partial charge in [-0.2, -0.15) is 5.10 Å². The number of hydrogen-bond acceptors (Lipinski definition) is 10. The average Bonchev–Trinajstić information content (AvgIpc) is 3.76. The molecule has 10 nitrogen and oxygen atoms in total. The van der Waals surface area contributed by atoms with Gasteiger partial charge in [0.1, 0.15) is 10.7 Å². The summed E-state index contributed by atoms with van der Waals surface area (Å²) in [5.41, 5.74) is 2.48.